The Kier molecular flexibility index (Phi) is 4.27. The predicted molar refractivity (Wildman–Crippen MR) is 83.1 cm³/mol. The number of nitrogens with one attached hydrogen (secondary N) is 1. The molecule has 2 aromatic rings. The van der Waals surface area contributed by atoms with E-state index in [4.69, 9.17) is 5.11 Å². The third-order valence-corrected chi connectivity index (χ3v) is 3.99. The lowest BCUT2D eigenvalue weighted by Gasteiger charge is -2.17. The average molecular weight is 314 g/mol. The van der Waals surface area contributed by atoms with Crippen LogP contribution in [-0.4, -0.2) is 44.9 Å². The zero-order valence-corrected chi connectivity index (χ0v) is 12.6. The van der Waals surface area contributed by atoms with Gasteiger partial charge in [0.15, 0.2) is 0 Å². The topological polar surface area (TPSA) is 87.5 Å². The fraction of sp³-hybridized carbons (Fsp3) is 0.312. The summed E-state index contributed by atoms with van der Waals surface area (Å²) in [7, 11) is 0. The van der Waals surface area contributed by atoms with Crippen LogP contribution in [0.1, 0.15) is 28.4 Å². The van der Waals surface area contributed by atoms with E-state index in [1.165, 1.54) is 12.1 Å². The molecule has 0 saturated carbocycles. The van der Waals surface area contributed by atoms with Crippen LogP contribution in [0.25, 0.3) is 0 Å². The molecule has 7 heteroatoms. The maximum atomic E-state index is 12.2. The molecule has 0 radical (unpaired) electrons. The first-order chi connectivity index (χ1) is 11.1. The number of hydrogen-bond donors (Lipinski definition) is 2. The van der Waals surface area contributed by atoms with Gasteiger partial charge < -0.3 is 15.3 Å². The summed E-state index contributed by atoms with van der Waals surface area (Å²) in [5, 5.41) is 15.9. The zero-order chi connectivity index (χ0) is 16.2. The van der Waals surface area contributed by atoms with Crippen molar-refractivity contribution in [3.05, 3.63) is 53.9 Å². The Bertz CT molecular complexity index is 682. The van der Waals surface area contributed by atoms with E-state index >= 15 is 0 Å². The third kappa shape index (κ3) is 3.50. The van der Waals surface area contributed by atoms with Gasteiger partial charge >= 0.3 is 12.0 Å². The second-order valence-corrected chi connectivity index (χ2v) is 5.54. The van der Waals surface area contributed by atoms with E-state index in [2.05, 4.69) is 10.4 Å². The summed E-state index contributed by atoms with van der Waals surface area (Å²) in [6, 6.07) is 8.48. The van der Waals surface area contributed by atoms with Gasteiger partial charge in [0.05, 0.1) is 11.6 Å². The Hall–Kier alpha value is -2.83. The minimum absolute atomic E-state index is 0.109. The van der Waals surface area contributed by atoms with E-state index in [1.807, 2.05) is 16.9 Å². The number of carbonyl (C=O) groups is 2. The molecule has 2 heterocycles. The van der Waals surface area contributed by atoms with Crippen LogP contribution in [0, 0.1) is 0 Å². The number of aromatic nitrogens is 2. The molecular formula is C16H18N4O3. The van der Waals surface area contributed by atoms with E-state index in [0.29, 0.717) is 19.6 Å². The number of aromatic carboxylic acids is 1. The molecule has 1 aliphatic heterocycles. The van der Waals surface area contributed by atoms with Crippen LogP contribution in [0.3, 0.4) is 0 Å². The van der Waals surface area contributed by atoms with E-state index < -0.39 is 5.97 Å². The lowest BCUT2D eigenvalue weighted by Crippen LogP contribution is -2.38. The van der Waals surface area contributed by atoms with Crippen molar-refractivity contribution >= 4 is 12.0 Å². The van der Waals surface area contributed by atoms with Gasteiger partial charge in [-0.05, 0) is 30.2 Å². The number of carboxylic acids is 1. The SMILES string of the molecule is O=C(O)c1ccc(CNC(=O)N2CCC(n3cccn3)C2)cc1. The molecule has 0 bridgehead atoms. The van der Waals surface area contributed by atoms with Gasteiger partial charge in [-0.2, -0.15) is 5.10 Å². The van der Waals surface area contributed by atoms with E-state index in [-0.39, 0.29) is 17.6 Å². The highest BCUT2D eigenvalue weighted by Gasteiger charge is 2.27. The molecule has 0 spiro atoms. The smallest absolute Gasteiger partial charge is 0.335 e. The number of rotatable bonds is 4. The van der Waals surface area contributed by atoms with Crippen LogP contribution >= 0.6 is 0 Å². The summed E-state index contributed by atoms with van der Waals surface area (Å²) in [5.74, 6) is -0.956. The minimum atomic E-state index is -0.956. The number of carbonyl (C=O) groups excluding carboxylic acids is 1. The Morgan fingerprint density at radius 3 is 2.74 bits per heavy atom. The fourth-order valence-corrected chi connectivity index (χ4v) is 2.69. The molecule has 1 atom stereocenters. The average Bonchev–Trinajstić information content (AvgIpc) is 3.23. The summed E-state index contributed by atoms with van der Waals surface area (Å²) >= 11 is 0. The Morgan fingerprint density at radius 1 is 1.30 bits per heavy atom. The number of nitrogens with zero attached hydrogens (tertiary/aromatic N) is 3. The highest BCUT2D eigenvalue weighted by Crippen LogP contribution is 2.20. The van der Waals surface area contributed by atoms with Crippen LogP contribution in [-0.2, 0) is 6.54 Å². The van der Waals surface area contributed by atoms with E-state index in [9.17, 15) is 9.59 Å². The van der Waals surface area contributed by atoms with Crippen LogP contribution in [0.4, 0.5) is 4.79 Å². The Labute approximate surface area is 133 Å². The molecule has 2 amide bonds. The highest BCUT2D eigenvalue weighted by molar-refractivity contribution is 5.87. The zero-order valence-electron chi connectivity index (χ0n) is 12.6. The van der Waals surface area contributed by atoms with Crippen molar-refractivity contribution in [3.8, 4) is 0 Å². The summed E-state index contributed by atoms with van der Waals surface area (Å²) < 4.78 is 1.89. The maximum Gasteiger partial charge on any atom is 0.335 e. The van der Waals surface area contributed by atoms with Crippen molar-refractivity contribution in [3.63, 3.8) is 0 Å². The number of likely N-dealkylation sites (tertiary alicyclic amines) is 1. The first-order valence-corrected chi connectivity index (χ1v) is 7.47. The van der Waals surface area contributed by atoms with Gasteiger partial charge in [-0.3, -0.25) is 4.68 Å². The van der Waals surface area contributed by atoms with Gasteiger partial charge in [-0.25, -0.2) is 9.59 Å². The van der Waals surface area contributed by atoms with Crippen LogP contribution < -0.4 is 5.32 Å². The van der Waals surface area contributed by atoms with Gasteiger partial charge in [-0.1, -0.05) is 12.1 Å². The molecule has 1 aromatic heterocycles. The Balaban J connectivity index is 1.51. The molecule has 1 aromatic carbocycles. The lowest BCUT2D eigenvalue weighted by atomic mass is 10.1. The summed E-state index contributed by atoms with van der Waals surface area (Å²) in [4.78, 5) is 24.8. The van der Waals surface area contributed by atoms with Gasteiger partial charge in [0.2, 0.25) is 0 Å². The number of amides is 2. The van der Waals surface area contributed by atoms with Crippen molar-refractivity contribution in [2.75, 3.05) is 13.1 Å². The van der Waals surface area contributed by atoms with Crippen molar-refractivity contribution in [2.45, 2.75) is 19.0 Å². The predicted octanol–water partition coefficient (Wildman–Crippen LogP) is 1.74. The van der Waals surface area contributed by atoms with Gasteiger partial charge in [0.25, 0.3) is 0 Å². The van der Waals surface area contributed by atoms with Gasteiger partial charge in [-0.15, -0.1) is 0 Å². The lowest BCUT2D eigenvalue weighted by molar-refractivity contribution is 0.0697. The van der Waals surface area contributed by atoms with Crippen LogP contribution in [0.5, 0.6) is 0 Å². The standard InChI is InChI=1S/C16H18N4O3/c21-15(22)13-4-2-12(3-5-13)10-17-16(23)19-9-6-14(11-19)20-8-1-7-18-20/h1-5,7-8,14H,6,9-11H2,(H,17,23)(H,21,22). The van der Waals surface area contributed by atoms with Crippen LogP contribution in [0.2, 0.25) is 0 Å². The maximum absolute atomic E-state index is 12.2. The van der Waals surface area contributed by atoms with Crippen molar-refractivity contribution in [2.24, 2.45) is 0 Å². The third-order valence-electron chi connectivity index (χ3n) is 3.99. The molecule has 7 nitrogen and oxygen atoms in total. The Morgan fingerprint density at radius 2 is 2.09 bits per heavy atom. The number of benzene rings is 1. The quantitative estimate of drug-likeness (QED) is 0.900. The largest absolute Gasteiger partial charge is 0.478 e. The van der Waals surface area contributed by atoms with Crippen molar-refractivity contribution < 1.29 is 14.7 Å². The summed E-state index contributed by atoms with van der Waals surface area (Å²) in [6.45, 7) is 1.72. The second kappa shape index (κ2) is 6.51. The summed E-state index contributed by atoms with van der Waals surface area (Å²) in [6.07, 6.45) is 4.54. The molecular weight excluding hydrogens is 296 g/mol. The van der Waals surface area contributed by atoms with E-state index in [0.717, 1.165) is 12.0 Å². The first-order valence-electron chi connectivity index (χ1n) is 7.47. The number of hydrogen-bond acceptors (Lipinski definition) is 3. The van der Waals surface area contributed by atoms with Crippen molar-refractivity contribution in [1.29, 1.82) is 0 Å². The second-order valence-electron chi connectivity index (χ2n) is 5.54. The highest BCUT2D eigenvalue weighted by atomic mass is 16.4. The minimum Gasteiger partial charge on any atom is -0.478 e. The number of carboxylic acid groups (broad SMARTS) is 1. The molecule has 1 fully saturated rings. The fourth-order valence-electron chi connectivity index (χ4n) is 2.69. The molecule has 2 N–H and O–H groups in total. The molecule has 3 rings (SSSR count). The first kappa shape index (κ1) is 15.1. The molecule has 1 saturated heterocycles. The molecule has 1 aliphatic rings. The van der Waals surface area contributed by atoms with Crippen LogP contribution in [0.15, 0.2) is 42.7 Å². The molecule has 1 unspecified atom stereocenters. The summed E-state index contributed by atoms with van der Waals surface area (Å²) in [5.41, 5.74) is 1.10. The molecule has 0 aliphatic carbocycles. The van der Waals surface area contributed by atoms with E-state index in [1.54, 1.807) is 23.2 Å². The molecule has 120 valence electrons. The van der Waals surface area contributed by atoms with Gasteiger partial charge in [0, 0.05) is 32.0 Å². The molecule has 23 heavy (non-hydrogen) atoms. The van der Waals surface area contributed by atoms with Crippen molar-refractivity contribution in [1.82, 2.24) is 20.0 Å². The normalized spacial score (nSPS) is 17.2. The monoisotopic (exact) mass is 314 g/mol. The number of urea groups is 1. The van der Waals surface area contributed by atoms with Gasteiger partial charge in [0.1, 0.15) is 0 Å².